The van der Waals surface area contributed by atoms with E-state index < -0.39 is 11.9 Å². The normalized spacial score (nSPS) is 13.7. The zero-order valence-electron chi connectivity index (χ0n) is 14.3. The number of carbonyl (C=O) groups is 1. The zero-order valence-corrected chi connectivity index (χ0v) is 14.3. The molecule has 0 fully saturated rings. The van der Waals surface area contributed by atoms with Crippen LogP contribution in [0, 0.1) is 0 Å². The first kappa shape index (κ1) is 19.5. The maximum Gasteiger partial charge on any atom is 0.234 e. The minimum absolute atomic E-state index is 0.0757. The summed E-state index contributed by atoms with van der Waals surface area (Å²) in [5.41, 5.74) is 12.3. The van der Waals surface area contributed by atoms with E-state index in [2.05, 4.69) is 6.92 Å². The van der Waals surface area contributed by atoms with Gasteiger partial charge in [-0.1, -0.05) is 70.4 Å². The van der Waals surface area contributed by atoms with Gasteiger partial charge in [0.15, 0.2) is 0 Å². The standard InChI is InChI=1S/C19H32N2O2/c1-2-3-4-5-6-7-8-9-10-17(18(20)19(21)23)15-11-13-16(22)14-12-15/h11-14,17-18,22H,2-10,20H2,1H3,(H2,21,23). The zero-order chi connectivity index (χ0) is 17.1. The van der Waals surface area contributed by atoms with Gasteiger partial charge in [-0.3, -0.25) is 4.79 Å². The largest absolute Gasteiger partial charge is 0.508 e. The van der Waals surface area contributed by atoms with E-state index in [9.17, 15) is 9.90 Å². The highest BCUT2D eigenvalue weighted by Crippen LogP contribution is 2.27. The summed E-state index contributed by atoms with van der Waals surface area (Å²) in [6, 6.07) is 6.23. The van der Waals surface area contributed by atoms with Crippen LogP contribution in [0.3, 0.4) is 0 Å². The number of aromatic hydroxyl groups is 1. The molecule has 0 bridgehead atoms. The Hall–Kier alpha value is -1.55. The maximum atomic E-state index is 11.5. The summed E-state index contributed by atoms with van der Waals surface area (Å²) in [7, 11) is 0. The first-order valence-corrected chi connectivity index (χ1v) is 8.90. The Morgan fingerprint density at radius 2 is 1.52 bits per heavy atom. The summed E-state index contributed by atoms with van der Waals surface area (Å²) < 4.78 is 0. The SMILES string of the molecule is CCCCCCCCCCC(c1ccc(O)cc1)C(N)C(N)=O. The molecule has 0 aliphatic carbocycles. The third-order valence-corrected chi connectivity index (χ3v) is 4.45. The van der Waals surface area contributed by atoms with E-state index in [0.29, 0.717) is 0 Å². The fourth-order valence-electron chi connectivity index (χ4n) is 2.97. The summed E-state index contributed by atoms with van der Waals surface area (Å²) in [6.45, 7) is 2.23. The molecule has 0 aliphatic heterocycles. The topological polar surface area (TPSA) is 89.3 Å². The Kier molecular flexibility index (Phi) is 9.37. The van der Waals surface area contributed by atoms with Crippen LogP contribution in [0.5, 0.6) is 5.75 Å². The summed E-state index contributed by atoms with van der Waals surface area (Å²) in [4.78, 5) is 11.5. The molecule has 2 unspecified atom stereocenters. The molecule has 0 heterocycles. The van der Waals surface area contributed by atoms with Crippen molar-refractivity contribution in [3.8, 4) is 5.75 Å². The number of nitrogens with two attached hydrogens (primary N) is 2. The molecule has 0 saturated carbocycles. The molecule has 0 saturated heterocycles. The van der Waals surface area contributed by atoms with E-state index in [1.54, 1.807) is 12.1 Å². The predicted molar refractivity (Wildman–Crippen MR) is 95.2 cm³/mol. The van der Waals surface area contributed by atoms with Gasteiger partial charge in [0.2, 0.25) is 5.91 Å². The number of benzene rings is 1. The Balaban J connectivity index is 2.42. The van der Waals surface area contributed by atoms with E-state index in [4.69, 9.17) is 11.5 Å². The molecule has 2 atom stereocenters. The minimum atomic E-state index is -0.677. The summed E-state index contributed by atoms with van der Waals surface area (Å²) in [5.74, 6) is -0.331. The van der Waals surface area contributed by atoms with E-state index in [-0.39, 0.29) is 11.7 Å². The highest BCUT2D eigenvalue weighted by molar-refractivity contribution is 5.80. The molecule has 1 rings (SSSR count). The van der Waals surface area contributed by atoms with Crippen LogP contribution in [0.2, 0.25) is 0 Å². The molecule has 4 nitrogen and oxygen atoms in total. The minimum Gasteiger partial charge on any atom is -0.508 e. The number of phenolic OH excluding ortho intramolecular Hbond substituents is 1. The first-order valence-electron chi connectivity index (χ1n) is 8.90. The van der Waals surface area contributed by atoms with Crippen LogP contribution >= 0.6 is 0 Å². The van der Waals surface area contributed by atoms with Gasteiger partial charge in [-0.25, -0.2) is 0 Å². The average Bonchev–Trinajstić information content (AvgIpc) is 2.54. The second kappa shape index (κ2) is 11.1. The molecule has 4 heteroatoms. The Labute approximate surface area is 140 Å². The average molecular weight is 320 g/mol. The molecular formula is C19H32N2O2. The van der Waals surface area contributed by atoms with Crippen molar-refractivity contribution in [1.29, 1.82) is 0 Å². The van der Waals surface area contributed by atoms with E-state index in [1.165, 1.54) is 38.5 Å². The van der Waals surface area contributed by atoms with Gasteiger partial charge in [-0.15, -0.1) is 0 Å². The van der Waals surface area contributed by atoms with Crippen LogP contribution in [0.4, 0.5) is 0 Å². The van der Waals surface area contributed by atoms with Crippen molar-refractivity contribution in [2.75, 3.05) is 0 Å². The van der Waals surface area contributed by atoms with Gasteiger partial charge in [0.05, 0.1) is 6.04 Å². The molecule has 0 aliphatic rings. The van der Waals surface area contributed by atoms with Crippen LogP contribution < -0.4 is 11.5 Å². The highest BCUT2D eigenvalue weighted by atomic mass is 16.3. The summed E-state index contributed by atoms with van der Waals surface area (Å²) in [6.07, 6.45) is 10.8. The third-order valence-electron chi connectivity index (χ3n) is 4.45. The van der Waals surface area contributed by atoms with Crippen molar-refractivity contribution in [3.05, 3.63) is 29.8 Å². The molecule has 1 aromatic rings. The molecule has 0 spiro atoms. The van der Waals surface area contributed by atoms with Crippen molar-refractivity contribution in [3.63, 3.8) is 0 Å². The summed E-state index contributed by atoms with van der Waals surface area (Å²) in [5, 5.41) is 9.40. The Bertz CT molecular complexity index is 445. The summed E-state index contributed by atoms with van der Waals surface area (Å²) >= 11 is 0. The Morgan fingerprint density at radius 1 is 1.00 bits per heavy atom. The smallest absolute Gasteiger partial charge is 0.234 e. The number of amides is 1. The second-order valence-electron chi connectivity index (χ2n) is 6.39. The molecule has 0 aromatic heterocycles. The molecule has 0 radical (unpaired) electrons. The van der Waals surface area contributed by atoms with Crippen LogP contribution in [-0.2, 0) is 4.79 Å². The third kappa shape index (κ3) is 7.51. The van der Waals surface area contributed by atoms with Crippen LogP contribution in [-0.4, -0.2) is 17.1 Å². The maximum absolute atomic E-state index is 11.5. The van der Waals surface area contributed by atoms with Gasteiger partial charge in [0.1, 0.15) is 5.75 Å². The number of carbonyl (C=O) groups excluding carboxylic acids is 1. The van der Waals surface area contributed by atoms with E-state index in [0.717, 1.165) is 24.8 Å². The number of hydrogen-bond acceptors (Lipinski definition) is 3. The first-order chi connectivity index (χ1) is 11.1. The molecule has 23 heavy (non-hydrogen) atoms. The highest BCUT2D eigenvalue weighted by Gasteiger charge is 2.23. The van der Waals surface area contributed by atoms with Crippen molar-refractivity contribution < 1.29 is 9.90 Å². The lowest BCUT2D eigenvalue weighted by Crippen LogP contribution is -2.41. The van der Waals surface area contributed by atoms with Gasteiger partial charge in [-0.2, -0.15) is 0 Å². The van der Waals surface area contributed by atoms with Gasteiger partial charge >= 0.3 is 0 Å². The van der Waals surface area contributed by atoms with Crippen molar-refractivity contribution in [2.45, 2.75) is 76.7 Å². The lowest BCUT2D eigenvalue weighted by atomic mass is 9.86. The lowest BCUT2D eigenvalue weighted by molar-refractivity contribution is -0.119. The molecule has 5 N–H and O–H groups in total. The van der Waals surface area contributed by atoms with Crippen molar-refractivity contribution in [1.82, 2.24) is 0 Å². The van der Waals surface area contributed by atoms with Gasteiger partial charge in [0.25, 0.3) is 0 Å². The quantitative estimate of drug-likeness (QED) is 0.511. The monoisotopic (exact) mass is 320 g/mol. The molecule has 1 aromatic carbocycles. The fourth-order valence-corrected chi connectivity index (χ4v) is 2.97. The van der Waals surface area contributed by atoms with Crippen LogP contribution in [0.25, 0.3) is 0 Å². The fraction of sp³-hybridized carbons (Fsp3) is 0.632. The Morgan fingerprint density at radius 3 is 2.04 bits per heavy atom. The van der Waals surface area contributed by atoms with E-state index in [1.807, 2.05) is 12.1 Å². The number of hydrogen-bond donors (Lipinski definition) is 3. The predicted octanol–water partition coefficient (Wildman–Crippen LogP) is 3.82. The molecular weight excluding hydrogens is 288 g/mol. The van der Waals surface area contributed by atoms with Crippen molar-refractivity contribution >= 4 is 5.91 Å². The van der Waals surface area contributed by atoms with Crippen molar-refractivity contribution in [2.24, 2.45) is 11.5 Å². The van der Waals surface area contributed by atoms with Gasteiger partial charge in [0, 0.05) is 5.92 Å². The van der Waals surface area contributed by atoms with E-state index >= 15 is 0 Å². The van der Waals surface area contributed by atoms with Crippen LogP contribution in [0.15, 0.2) is 24.3 Å². The second-order valence-corrected chi connectivity index (χ2v) is 6.39. The van der Waals surface area contributed by atoms with Crippen LogP contribution in [0.1, 0.15) is 76.2 Å². The van der Waals surface area contributed by atoms with Gasteiger partial charge < -0.3 is 16.6 Å². The lowest BCUT2D eigenvalue weighted by Gasteiger charge is -2.22. The number of unbranched alkanes of at least 4 members (excludes halogenated alkanes) is 7. The molecule has 130 valence electrons. The number of primary amides is 1. The number of phenols is 1. The number of rotatable bonds is 12. The molecule has 1 amide bonds. The van der Waals surface area contributed by atoms with Gasteiger partial charge in [-0.05, 0) is 24.1 Å².